The van der Waals surface area contributed by atoms with Crippen molar-refractivity contribution in [3.05, 3.63) is 41.5 Å². The number of carbonyl (C=O) groups is 1. The Morgan fingerprint density at radius 3 is 3.04 bits per heavy atom. The first-order chi connectivity index (χ1) is 12.2. The summed E-state index contributed by atoms with van der Waals surface area (Å²) in [6.45, 7) is 2.87. The van der Waals surface area contributed by atoms with Gasteiger partial charge in [-0.3, -0.25) is 9.48 Å². The third-order valence-electron chi connectivity index (χ3n) is 5.12. The van der Waals surface area contributed by atoms with Crippen molar-refractivity contribution in [3.8, 4) is 0 Å². The van der Waals surface area contributed by atoms with Crippen molar-refractivity contribution in [1.82, 2.24) is 19.7 Å². The zero-order valence-corrected chi connectivity index (χ0v) is 14.8. The van der Waals surface area contributed by atoms with Gasteiger partial charge in [0.05, 0.1) is 12.3 Å². The largest absolute Gasteiger partial charge is 0.380 e. The van der Waals surface area contributed by atoms with Crippen molar-refractivity contribution in [2.75, 3.05) is 19.8 Å². The first-order valence-electron chi connectivity index (χ1n) is 9.19. The number of H-pyrrole nitrogens is 1. The van der Waals surface area contributed by atoms with Gasteiger partial charge in [-0.25, -0.2) is 0 Å². The fourth-order valence-corrected chi connectivity index (χ4v) is 3.55. The third-order valence-corrected chi connectivity index (χ3v) is 5.12. The van der Waals surface area contributed by atoms with Gasteiger partial charge in [0.1, 0.15) is 0 Å². The number of aromatic nitrogens is 3. The second kappa shape index (κ2) is 7.04. The fourth-order valence-electron chi connectivity index (χ4n) is 3.55. The number of hydrogen-bond donors (Lipinski definition) is 1. The molecular formula is C19H26N4O2. The van der Waals surface area contributed by atoms with Crippen LogP contribution in [0.25, 0.3) is 0 Å². The lowest BCUT2D eigenvalue weighted by Gasteiger charge is -2.32. The highest BCUT2D eigenvalue weighted by Gasteiger charge is 2.31. The van der Waals surface area contributed by atoms with Gasteiger partial charge >= 0.3 is 0 Å². The summed E-state index contributed by atoms with van der Waals surface area (Å²) in [5, 5.41) is 4.62. The highest BCUT2D eigenvalue weighted by Crippen LogP contribution is 2.31. The SMILES string of the molecule is Cn1cc2c(n1)C(COCC1CC1)CN(C(=O)CCc1ccc[nH]1)C2. The maximum Gasteiger partial charge on any atom is 0.223 e. The number of nitrogens with one attached hydrogen (secondary N) is 1. The predicted octanol–water partition coefficient (Wildman–Crippen LogP) is 2.23. The summed E-state index contributed by atoms with van der Waals surface area (Å²) in [5.74, 6) is 1.14. The van der Waals surface area contributed by atoms with E-state index in [0.717, 1.165) is 35.9 Å². The molecule has 134 valence electrons. The van der Waals surface area contributed by atoms with Crippen LogP contribution in [0.3, 0.4) is 0 Å². The highest BCUT2D eigenvalue weighted by atomic mass is 16.5. The lowest BCUT2D eigenvalue weighted by Crippen LogP contribution is -2.39. The topological polar surface area (TPSA) is 63.1 Å². The molecule has 0 aromatic carbocycles. The summed E-state index contributed by atoms with van der Waals surface area (Å²) in [6.07, 6.45) is 7.81. The molecule has 1 N–H and O–H groups in total. The molecule has 1 fully saturated rings. The van der Waals surface area contributed by atoms with Gasteiger partial charge in [0, 0.05) is 62.7 Å². The molecule has 1 unspecified atom stereocenters. The van der Waals surface area contributed by atoms with Crippen LogP contribution in [0.4, 0.5) is 0 Å². The standard InChI is InChI=1S/C19H26N4O2/c1-22-9-15-10-23(18(24)7-6-17-3-2-8-20-17)11-16(19(15)21-22)13-25-12-14-4-5-14/h2-3,8-9,14,16,20H,4-7,10-13H2,1H3. The lowest BCUT2D eigenvalue weighted by molar-refractivity contribution is -0.132. The summed E-state index contributed by atoms with van der Waals surface area (Å²) in [5.41, 5.74) is 3.37. The van der Waals surface area contributed by atoms with Gasteiger partial charge in [0.2, 0.25) is 5.91 Å². The fraction of sp³-hybridized carbons (Fsp3) is 0.579. The molecule has 6 nitrogen and oxygen atoms in total. The van der Waals surface area contributed by atoms with Gasteiger partial charge in [0.25, 0.3) is 0 Å². The highest BCUT2D eigenvalue weighted by molar-refractivity contribution is 5.76. The predicted molar refractivity (Wildman–Crippen MR) is 94.0 cm³/mol. The van der Waals surface area contributed by atoms with Crippen LogP contribution >= 0.6 is 0 Å². The summed E-state index contributed by atoms with van der Waals surface area (Å²) < 4.78 is 7.77. The van der Waals surface area contributed by atoms with E-state index in [4.69, 9.17) is 4.74 Å². The quantitative estimate of drug-likeness (QED) is 0.839. The van der Waals surface area contributed by atoms with Crippen LogP contribution in [-0.4, -0.2) is 45.3 Å². The zero-order chi connectivity index (χ0) is 17.2. The van der Waals surface area contributed by atoms with Gasteiger partial charge in [-0.15, -0.1) is 0 Å². The van der Waals surface area contributed by atoms with E-state index >= 15 is 0 Å². The minimum Gasteiger partial charge on any atom is -0.380 e. The minimum atomic E-state index is 0.179. The van der Waals surface area contributed by atoms with Gasteiger partial charge in [-0.1, -0.05) is 0 Å². The number of aromatic amines is 1. The average Bonchev–Trinajstić information content (AvgIpc) is 3.12. The van der Waals surface area contributed by atoms with Crippen LogP contribution in [0.5, 0.6) is 0 Å². The van der Waals surface area contributed by atoms with E-state index in [0.29, 0.717) is 26.1 Å². The molecule has 25 heavy (non-hydrogen) atoms. The summed E-state index contributed by atoms with van der Waals surface area (Å²) in [7, 11) is 1.94. The molecule has 2 aliphatic rings. The molecule has 4 rings (SSSR count). The first kappa shape index (κ1) is 16.4. The molecule has 0 radical (unpaired) electrons. The maximum atomic E-state index is 12.7. The van der Waals surface area contributed by atoms with E-state index in [9.17, 15) is 4.79 Å². The van der Waals surface area contributed by atoms with E-state index < -0.39 is 0 Å². The Morgan fingerprint density at radius 2 is 2.28 bits per heavy atom. The van der Waals surface area contributed by atoms with Gasteiger partial charge in [0.15, 0.2) is 0 Å². The molecule has 1 aliphatic heterocycles. The molecule has 2 aromatic heterocycles. The molecule has 0 spiro atoms. The monoisotopic (exact) mass is 342 g/mol. The van der Waals surface area contributed by atoms with Crippen molar-refractivity contribution < 1.29 is 9.53 Å². The van der Waals surface area contributed by atoms with E-state index in [1.807, 2.05) is 41.2 Å². The molecular weight excluding hydrogens is 316 g/mol. The second-order valence-corrected chi connectivity index (χ2v) is 7.36. The number of ether oxygens (including phenoxy) is 1. The van der Waals surface area contributed by atoms with Crippen molar-refractivity contribution >= 4 is 5.91 Å². The Bertz CT molecular complexity index is 718. The van der Waals surface area contributed by atoms with Crippen LogP contribution in [0, 0.1) is 5.92 Å². The zero-order valence-electron chi connectivity index (χ0n) is 14.8. The van der Waals surface area contributed by atoms with Crippen LogP contribution in [-0.2, 0) is 29.5 Å². The number of aryl methyl sites for hydroxylation is 2. The second-order valence-electron chi connectivity index (χ2n) is 7.36. The van der Waals surface area contributed by atoms with Crippen LogP contribution < -0.4 is 0 Å². The van der Waals surface area contributed by atoms with Gasteiger partial charge in [-0.2, -0.15) is 5.10 Å². The number of fused-ring (bicyclic) bond motifs is 1. The summed E-state index contributed by atoms with van der Waals surface area (Å²) in [6, 6.07) is 3.99. The van der Waals surface area contributed by atoms with Crippen molar-refractivity contribution in [2.24, 2.45) is 13.0 Å². The summed E-state index contributed by atoms with van der Waals surface area (Å²) >= 11 is 0. The molecule has 6 heteroatoms. The number of hydrogen-bond acceptors (Lipinski definition) is 3. The number of carbonyl (C=O) groups excluding carboxylic acids is 1. The smallest absolute Gasteiger partial charge is 0.223 e. The van der Waals surface area contributed by atoms with E-state index in [1.165, 1.54) is 12.8 Å². The molecule has 1 saturated carbocycles. The molecule has 0 bridgehead atoms. The molecule has 0 saturated heterocycles. The Labute approximate surface area is 148 Å². The molecule has 2 aromatic rings. The van der Waals surface area contributed by atoms with E-state index in [-0.39, 0.29) is 11.8 Å². The Balaban J connectivity index is 1.39. The summed E-state index contributed by atoms with van der Waals surface area (Å²) in [4.78, 5) is 17.8. The Hall–Kier alpha value is -2.08. The normalized spacial score (nSPS) is 19.9. The lowest BCUT2D eigenvalue weighted by atomic mass is 9.97. The average molecular weight is 342 g/mol. The van der Waals surface area contributed by atoms with Crippen LogP contribution in [0.1, 0.15) is 42.1 Å². The first-order valence-corrected chi connectivity index (χ1v) is 9.19. The molecule has 1 aliphatic carbocycles. The number of nitrogens with zero attached hydrogens (tertiary/aromatic N) is 3. The van der Waals surface area contributed by atoms with Crippen LogP contribution in [0.2, 0.25) is 0 Å². The Kier molecular flexibility index (Phi) is 4.61. The Morgan fingerprint density at radius 1 is 1.40 bits per heavy atom. The van der Waals surface area contributed by atoms with Crippen LogP contribution in [0.15, 0.2) is 24.5 Å². The minimum absolute atomic E-state index is 0.179. The van der Waals surface area contributed by atoms with Gasteiger partial charge in [-0.05, 0) is 37.3 Å². The molecule has 3 heterocycles. The third kappa shape index (κ3) is 3.95. The van der Waals surface area contributed by atoms with Crippen molar-refractivity contribution in [3.63, 3.8) is 0 Å². The van der Waals surface area contributed by atoms with E-state index in [2.05, 4.69) is 10.1 Å². The van der Waals surface area contributed by atoms with Gasteiger partial charge < -0.3 is 14.6 Å². The molecule has 1 amide bonds. The number of rotatable bonds is 7. The van der Waals surface area contributed by atoms with Crippen molar-refractivity contribution in [2.45, 2.75) is 38.1 Å². The number of amides is 1. The maximum absolute atomic E-state index is 12.7. The van der Waals surface area contributed by atoms with Crippen molar-refractivity contribution in [1.29, 1.82) is 0 Å². The molecule has 1 atom stereocenters. The van der Waals surface area contributed by atoms with E-state index in [1.54, 1.807) is 0 Å².